The maximum absolute atomic E-state index is 14.3. The van der Waals surface area contributed by atoms with Crippen molar-refractivity contribution in [2.75, 3.05) is 48.3 Å². The molecule has 2 saturated heterocycles. The van der Waals surface area contributed by atoms with E-state index in [0.29, 0.717) is 57.3 Å². The second-order valence-electron chi connectivity index (χ2n) is 11.6. The Morgan fingerprint density at radius 2 is 1.68 bits per heavy atom. The Labute approximate surface area is 249 Å². The van der Waals surface area contributed by atoms with E-state index in [0.717, 1.165) is 70.5 Å². The molecule has 1 aliphatic carbocycles. The van der Waals surface area contributed by atoms with Crippen LogP contribution in [0, 0.1) is 5.82 Å². The molecule has 2 N–H and O–H groups in total. The summed E-state index contributed by atoms with van der Waals surface area (Å²) in [4.78, 5) is 31.5. The summed E-state index contributed by atoms with van der Waals surface area (Å²) in [6, 6.07) is 11.9. The Balaban J connectivity index is 1.05. The van der Waals surface area contributed by atoms with Gasteiger partial charge in [0.2, 0.25) is 0 Å². The summed E-state index contributed by atoms with van der Waals surface area (Å²) >= 11 is 12.7. The minimum absolute atomic E-state index is 0.233. The van der Waals surface area contributed by atoms with Crippen LogP contribution in [0.2, 0.25) is 10.0 Å². The molecule has 2 heterocycles. The van der Waals surface area contributed by atoms with Crippen LogP contribution in [0.5, 0.6) is 0 Å². The lowest BCUT2D eigenvalue weighted by Gasteiger charge is -2.48. The summed E-state index contributed by atoms with van der Waals surface area (Å²) in [5.41, 5.74) is 2.16. The number of rotatable bonds is 9. The number of anilines is 4. The summed E-state index contributed by atoms with van der Waals surface area (Å²) in [5.74, 6) is -0.233. The fourth-order valence-electron chi connectivity index (χ4n) is 6.30. The molecule has 0 spiro atoms. The largest absolute Gasteiger partial charge is 0.377 e. The van der Waals surface area contributed by atoms with Gasteiger partial charge in [0.05, 0.1) is 10.7 Å². The average Bonchev–Trinajstić information content (AvgIpc) is 3.81. The zero-order valence-electron chi connectivity index (χ0n) is 23.3. The van der Waals surface area contributed by atoms with E-state index in [9.17, 15) is 14.0 Å². The molecule has 0 aromatic heterocycles. The normalized spacial score (nSPS) is 21.0. The van der Waals surface area contributed by atoms with Crippen LogP contribution in [-0.2, 0) is 6.54 Å². The van der Waals surface area contributed by atoms with Crippen molar-refractivity contribution in [1.29, 1.82) is 0 Å². The van der Waals surface area contributed by atoms with Crippen molar-refractivity contribution in [3.8, 4) is 0 Å². The second-order valence-corrected chi connectivity index (χ2v) is 12.5. The summed E-state index contributed by atoms with van der Waals surface area (Å²) in [5, 5.41) is 7.32. The molecule has 0 amide bonds. The van der Waals surface area contributed by atoms with Crippen molar-refractivity contribution in [3.05, 3.63) is 78.3 Å². The highest BCUT2D eigenvalue weighted by Gasteiger charge is 2.34. The van der Waals surface area contributed by atoms with Crippen LogP contribution in [0.4, 0.5) is 27.1 Å². The highest BCUT2D eigenvalue weighted by Crippen LogP contribution is 2.34. The van der Waals surface area contributed by atoms with Crippen LogP contribution in [0.25, 0.3) is 0 Å². The van der Waals surface area contributed by atoms with Gasteiger partial charge in [0, 0.05) is 60.6 Å². The first-order valence-corrected chi connectivity index (χ1v) is 15.4. The zero-order valence-corrected chi connectivity index (χ0v) is 24.8. The molecule has 0 radical (unpaired) electrons. The van der Waals surface area contributed by atoms with E-state index in [1.165, 1.54) is 6.07 Å². The van der Waals surface area contributed by atoms with E-state index in [1.807, 2.05) is 18.2 Å². The van der Waals surface area contributed by atoms with Crippen molar-refractivity contribution in [2.24, 2.45) is 0 Å². The zero-order chi connectivity index (χ0) is 28.7. The number of likely N-dealkylation sites (tertiary alicyclic amines) is 1. The molecule has 1 atom stereocenters. The van der Waals surface area contributed by atoms with Crippen LogP contribution in [0.1, 0.15) is 44.6 Å². The van der Waals surface area contributed by atoms with Gasteiger partial charge in [0.25, 0.3) is 10.9 Å². The standard InChI is InChI=1S/C31H36Cl2FN5O2/c1-2-23-18-38(13-14-39(23)24-9-11-37(12-10-24)17-19-3-4-20(32)15-26(19)34)27-8-7-22(16-25(27)33)36-29-28(30(40)31(29)41)35-21-5-6-21/h3-4,7-8,15-16,21,23-24,35-36H,2,5-6,9-14,17-18H2,1H3/t23-/m0/s1. The predicted octanol–water partition coefficient (Wildman–Crippen LogP) is 5.61. The van der Waals surface area contributed by atoms with Crippen molar-refractivity contribution in [3.63, 3.8) is 0 Å². The van der Waals surface area contributed by atoms with Crippen molar-refractivity contribution in [1.82, 2.24) is 9.80 Å². The topological polar surface area (TPSA) is 67.9 Å². The smallest absolute Gasteiger partial charge is 0.253 e. The third kappa shape index (κ3) is 6.12. The number of piperidine rings is 1. The Morgan fingerprint density at radius 1 is 0.927 bits per heavy atom. The predicted molar refractivity (Wildman–Crippen MR) is 165 cm³/mol. The highest BCUT2D eigenvalue weighted by atomic mass is 35.5. The lowest BCUT2D eigenvalue weighted by atomic mass is 9.97. The van der Waals surface area contributed by atoms with Crippen LogP contribution >= 0.6 is 23.2 Å². The number of hydrogen-bond donors (Lipinski definition) is 2. The minimum atomic E-state index is -0.488. The highest BCUT2D eigenvalue weighted by molar-refractivity contribution is 6.33. The lowest BCUT2D eigenvalue weighted by Crippen LogP contribution is -2.58. The van der Waals surface area contributed by atoms with Gasteiger partial charge in [-0.2, -0.15) is 0 Å². The van der Waals surface area contributed by atoms with Crippen LogP contribution in [-0.4, -0.2) is 60.6 Å². The maximum atomic E-state index is 14.3. The molecule has 6 rings (SSSR count). The van der Waals surface area contributed by atoms with Gasteiger partial charge < -0.3 is 15.5 Å². The van der Waals surface area contributed by atoms with Crippen LogP contribution in [0.15, 0.2) is 46.0 Å². The van der Waals surface area contributed by atoms with Gasteiger partial charge in [0.1, 0.15) is 17.2 Å². The SMILES string of the molecule is CC[C@H]1CN(c2ccc(Nc3c(NC4CC4)c(=O)c3=O)cc2Cl)CCN1C1CCN(Cc2ccc(Cl)cc2F)CC1. The molecule has 1 saturated carbocycles. The third-order valence-corrected chi connectivity index (χ3v) is 9.37. The number of benzene rings is 2. The molecule has 7 nitrogen and oxygen atoms in total. The van der Waals surface area contributed by atoms with Gasteiger partial charge in [-0.1, -0.05) is 36.2 Å². The molecule has 218 valence electrons. The Kier molecular flexibility index (Phi) is 8.28. The van der Waals surface area contributed by atoms with E-state index < -0.39 is 10.9 Å². The van der Waals surface area contributed by atoms with Gasteiger partial charge >= 0.3 is 0 Å². The molecular weight excluding hydrogens is 564 g/mol. The summed E-state index contributed by atoms with van der Waals surface area (Å²) < 4.78 is 14.3. The molecule has 3 aromatic carbocycles. The van der Waals surface area contributed by atoms with Gasteiger partial charge in [-0.3, -0.25) is 19.4 Å². The molecule has 41 heavy (non-hydrogen) atoms. The number of piperazine rings is 1. The van der Waals surface area contributed by atoms with Gasteiger partial charge in [-0.05, 0) is 75.5 Å². The van der Waals surface area contributed by atoms with Gasteiger partial charge in [-0.15, -0.1) is 0 Å². The quantitative estimate of drug-likeness (QED) is 0.310. The fraction of sp³-hybridized carbons (Fsp3) is 0.484. The number of hydrogen-bond acceptors (Lipinski definition) is 7. The van der Waals surface area contributed by atoms with Crippen molar-refractivity contribution >= 4 is 46.0 Å². The molecule has 0 unspecified atom stereocenters. The molecule has 3 aromatic rings. The Bertz CT molecular complexity index is 1480. The minimum Gasteiger partial charge on any atom is -0.377 e. The fourth-order valence-corrected chi connectivity index (χ4v) is 6.76. The lowest BCUT2D eigenvalue weighted by molar-refractivity contribution is 0.0609. The molecular formula is C31H36Cl2FN5O2. The van der Waals surface area contributed by atoms with E-state index in [-0.39, 0.29) is 5.82 Å². The number of nitrogens with zero attached hydrogens (tertiary/aromatic N) is 3. The number of halogens is 3. The summed E-state index contributed by atoms with van der Waals surface area (Å²) in [6.45, 7) is 7.50. The molecule has 10 heteroatoms. The first-order chi connectivity index (χ1) is 19.8. The molecule has 3 fully saturated rings. The first-order valence-electron chi connectivity index (χ1n) is 14.6. The van der Waals surface area contributed by atoms with E-state index in [1.54, 1.807) is 12.1 Å². The Morgan fingerprint density at radius 3 is 2.37 bits per heavy atom. The van der Waals surface area contributed by atoms with Crippen LogP contribution in [0.3, 0.4) is 0 Å². The maximum Gasteiger partial charge on any atom is 0.253 e. The molecule has 2 aliphatic heterocycles. The molecule has 0 bridgehead atoms. The second kappa shape index (κ2) is 11.9. The monoisotopic (exact) mass is 599 g/mol. The summed E-state index contributed by atoms with van der Waals surface area (Å²) in [7, 11) is 0. The first kappa shape index (κ1) is 28.5. The van der Waals surface area contributed by atoms with E-state index in [2.05, 4.69) is 32.3 Å². The third-order valence-electron chi connectivity index (χ3n) is 8.83. The van der Waals surface area contributed by atoms with E-state index in [4.69, 9.17) is 23.2 Å². The molecule has 3 aliphatic rings. The van der Waals surface area contributed by atoms with Gasteiger partial charge in [0.15, 0.2) is 0 Å². The average molecular weight is 601 g/mol. The van der Waals surface area contributed by atoms with E-state index >= 15 is 0 Å². The number of nitrogens with one attached hydrogen (secondary N) is 2. The van der Waals surface area contributed by atoms with Crippen LogP contribution < -0.4 is 26.4 Å². The van der Waals surface area contributed by atoms with Crippen molar-refractivity contribution in [2.45, 2.75) is 63.7 Å². The van der Waals surface area contributed by atoms with Crippen molar-refractivity contribution < 1.29 is 4.39 Å². The van der Waals surface area contributed by atoms with Gasteiger partial charge in [-0.25, -0.2) is 4.39 Å². The Hall–Kier alpha value is -2.65. The summed E-state index contributed by atoms with van der Waals surface area (Å²) in [6.07, 6.45) is 5.24.